The first-order valence-electron chi connectivity index (χ1n) is 6.44. The predicted molar refractivity (Wildman–Crippen MR) is 80.8 cm³/mol. The average molecular weight is 270 g/mol. The van der Waals surface area contributed by atoms with Crippen molar-refractivity contribution in [2.45, 2.75) is 20.0 Å². The molecule has 20 heavy (non-hydrogen) atoms. The number of carbonyl (C=O) groups excluding carboxylic acids is 1. The number of anilines is 2. The molecule has 0 saturated carbocycles. The van der Waals surface area contributed by atoms with Crippen LogP contribution in [0.4, 0.5) is 11.4 Å². The molecule has 0 aromatic heterocycles. The van der Waals surface area contributed by atoms with Crippen LogP contribution in [0.15, 0.2) is 48.5 Å². The number of carbonyl (C=O) groups is 1. The lowest BCUT2D eigenvalue weighted by molar-refractivity contribution is -0.122. The Hall–Kier alpha value is -2.49. The molecule has 0 aliphatic carbocycles. The van der Waals surface area contributed by atoms with Gasteiger partial charge in [-0.3, -0.25) is 4.79 Å². The van der Waals surface area contributed by atoms with Crippen molar-refractivity contribution in [2.75, 3.05) is 11.1 Å². The lowest BCUT2D eigenvalue weighted by Crippen LogP contribution is -2.30. The van der Waals surface area contributed by atoms with Crippen LogP contribution in [0.3, 0.4) is 0 Å². The van der Waals surface area contributed by atoms with Crippen molar-refractivity contribution in [1.29, 1.82) is 0 Å². The van der Waals surface area contributed by atoms with Crippen molar-refractivity contribution in [3.63, 3.8) is 0 Å². The van der Waals surface area contributed by atoms with Crippen LogP contribution in [-0.4, -0.2) is 12.0 Å². The van der Waals surface area contributed by atoms with Crippen LogP contribution in [0.1, 0.15) is 12.5 Å². The second-order valence-electron chi connectivity index (χ2n) is 4.68. The predicted octanol–water partition coefficient (Wildman–Crippen LogP) is 2.98. The maximum atomic E-state index is 12.0. The van der Waals surface area contributed by atoms with Crippen LogP contribution in [-0.2, 0) is 4.79 Å². The van der Waals surface area contributed by atoms with E-state index < -0.39 is 6.10 Å². The topological polar surface area (TPSA) is 64.3 Å². The minimum Gasteiger partial charge on any atom is -0.481 e. The van der Waals surface area contributed by atoms with Crippen molar-refractivity contribution in [3.8, 4) is 5.75 Å². The maximum Gasteiger partial charge on any atom is 0.265 e. The molecule has 0 aliphatic heterocycles. The van der Waals surface area contributed by atoms with Crippen LogP contribution in [0.25, 0.3) is 0 Å². The normalized spacial score (nSPS) is 11.7. The fourth-order valence-electron chi connectivity index (χ4n) is 1.68. The SMILES string of the molecule is Cc1ccc(OC(C)C(=O)Nc2ccc(N)cc2)cc1. The van der Waals surface area contributed by atoms with E-state index in [1.54, 1.807) is 31.2 Å². The molecule has 1 amide bonds. The van der Waals surface area contributed by atoms with Crippen molar-refractivity contribution in [3.05, 3.63) is 54.1 Å². The second-order valence-corrected chi connectivity index (χ2v) is 4.68. The molecule has 104 valence electrons. The van der Waals surface area contributed by atoms with Crippen molar-refractivity contribution >= 4 is 17.3 Å². The third-order valence-corrected chi connectivity index (χ3v) is 2.88. The molecule has 0 aliphatic rings. The molecule has 1 atom stereocenters. The first kappa shape index (κ1) is 13.9. The summed E-state index contributed by atoms with van der Waals surface area (Å²) in [5.74, 6) is 0.478. The number of benzene rings is 2. The van der Waals surface area contributed by atoms with Crippen LogP contribution >= 0.6 is 0 Å². The van der Waals surface area contributed by atoms with Gasteiger partial charge in [0, 0.05) is 11.4 Å². The molecule has 4 nitrogen and oxygen atoms in total. The summed E-state index contributed by atoms with van der Waals surface area (Å²) in [6.45, 7) is 3.72. The van der Waals surface area contributed by atoms with E-state index in [0.717, 1.165) is 5.56 Å². The molecule has 0 radical (unpaired) electrons. The Morgan fingerprint density at radius 3 is 2.30 bits per heavy atom. The Balaban J connectivity index is 1.94. The molecule has 0 spiro atoms. The lowest BCUT2D eigenvalue weighted by Gasteiger charge is -2.15. The summed E-state index contributed by atoms with van der Waals surface area (Å²) in [5.41, 5.74) is 8.10. The van der Waals surface area contributed by atoms with Crippen LogP contribution in [0.2, 0.25) is 0 Å². The number of rotatable bonds is 4. The van der Waals surface area contributed by atoms with Gasteiger partial charge in [-0.05, 0) is 50.2 Å². The van der Waals surface area contributed by atoms with Gasteiger partial charge in [0.2, 0.25) is 0 Å². The highest BCUT2D eigenvalue weighted by Crippen LogP contribution is 2.15. The van der Waals surface area contributed by atoms with E-state index in [4.69, 9.17) is 10.5 Å². The first-order valence-corrected chi connectivity index (χ1v) is 6.44. The number of hydrogen-bond donors (Lipinski definition) is 2. The van der Waals surface area contributed by atoms with Gasteiger partial charge in [0.25, 0.3) is 5.91 Å². The maximum absolute atomic E-state index is 12.0. The molecule has 4 heteroatoms. The van der Waals surface area contributed by atoms with Gasteiger partial charge in [-0.1, -0.05) is 17.7 Å². The largest absolute Gasteiger partial charge is 0.481 e. The zero-order valence-electron chi connectivity index (χ0n) is 11.6. The molecule has 0 bridgehead atoms. The Morgan fingerprint density at radius 2 is 1.70 bits per heavy atom. The summed E-state index contributed by atoms with van der Waals surface area (Å²) in [6, 6.07) is 14.6. The van der Waals surface area contributed by atoms with Crippen LogP contribution in [0.5, 0.6) is 5.75 Å². The van der Waals surface area contributed by atoms with Gasteiger partial charge in [0.15, 0.2) is 6.10 Å². The number of nitrogens with one attached hydrogen (secondary N) is 1. The van der Waals surface area contributed by atoms with Gasteiger partial charge >= 0.3 is 0 Å². The molecule has 0 fully saturated rings. The quantitative estimate of drug-likeness (QED) is 0.839. The van der Waals surface area contributed by atoms with Crippen molar-refractivity contribution in [1.82, 2.24) is 0 Å². The molecule has 2 aromatic rings. The van der Waals surface area contributed by atoms with Gasteiger partial charge in [-0.2, -0.15) is 0 Å². The van der Waals surface area contributed by atoms with E-state index in [1.165, 1.54) is 0 Å². The van der Waals surface area contributed by atoms with Crippen molar-refractivity contribution in [2.24, 2.45) is 0 Å². The number of nitrogens with two attached hydrogens (primary N) is 1. The summed E-state index contributed by atoms with van der Waals surface area (Å²) < 4.78 is 5.59. The van der Waals surface area contributed by atoms with Crippen molar-refractivity contribution < 1.29 is 9.53 Å². The van der Waals surface area contributed by atoms with Gasteiger partial charge < -0.3 is 15.8 Å². The van der Waals surface area contributed by atoms with E-state index in [2.05, 4.69) is 5.32 Å². The number of hydrogen-bond acceptors (Lipinski definition) is 3. The number of nitrogen functional groups attached to an aromatic ring is 1. The third kappa shape index (κ3) is 3.75. The molecule has 0 saturated heterocycles. The van der Waals surface area contributed by atoms with E-state index in [9.17, 15) is 4.79 Å². The number of amides is 1. The summed E-state index contributed by atoms with van der Waals surface area (Å²) in [4.78, 5) is 12.0. The molecule has 0 heterocycles. The van der Waals surface area contributed by atoms with Crippen LogP contribution in [0, 0.1) is 6.92 Å². The standard InChI is InChI=1S/C16H18N2O2/c1-11-3-9-15(10-4-11)20-12(2)16(19)18-14-7-5-13(17)6-8-14/h3-10,12H,17H2,1-2H3,(H,18,19). The average Bonchev–Trinajstić information content (AvgIpc) is 2.44. The van der Waals surface area contributed by atoms with Gasteiger partial charge in [0.05, 0.1) is 0 Å². The first-order chi connectivity index (χ1) is 9.54. The number of ether oxygens (including phenoxy) is 1. The summed E-state index contributed by atoms with van der Waals surface area (Å²) in [6.07, 6.45) is -0.574. The molecular weight excluding hydrogens is 252 g/mol. The minimum absolute atomic E-state index is 0.199. The Bertz CT molecular complexity index is 576. The van der Waals surface area contributed by atoms with Gasteiger partial charge in [-0.15, -0.1) is 0 Å². The number of aryl methyl sites for hydroxylation is 1. The molecule has 2 aromatic carbocycles. The Morgan fingerprint density at radius 1 is 1.10 bits per heavy atom. The fraction of sp³-hybridized carbons (Fsp3) is 0.188. The smallest absolute Gasteiger partial charge is 0.265 e. The van der Waals surface area contributed by atoms with E-state index in [-0.39, 0.29) is 5.91 Å². The van der Waals surface area contributed by atoms with Gasteiger partial charge in [-0.25, -0.2) is 0 Å². The molecule has 3 N–H and O–H groups in total. The van der Waals surface area contributed by atoms with Gasteiger partial charge in [0.1, 0.15) is 5.75 Å². The molecule has 1 unspecified atom stereocenters. The third-order valence-electron chi connectivity index (χ3n) is 2.88. The Labute approximate surface area is 118 Å². The van der Waals surface area contributed by atoms with Crippen LogP contribution < -0.4 is 15.8 Å². The van der Waals surface area contributed by atoms with E-state index in [0.29, 0.717) is 17.1 Å². The highest BCUT2D eigenvalue weighted by Gasteiger charge is 2.14. The zero-order valence-corrected chi connectivity index (χ0v) is 11.6. The Kier molecular flexibility index (Phi) is 4.25. The van der Waals surface area contributed by atoms with E-state index in [1.807, 2.05) is 31.2 Å². The summed E-state index contributed by atoms with van der Waals surface area (Å²) >= 11 is 0. The lowest BCUT2D eigenvalue weighted by atomic mass is 10.2. The fourth-order valence-corrected chi connectivity index (χ4v) is 1.68. The molecular formula is C16H18N2O2. The zero-order chi connectivity index (χ0) is 14.5. The summed E-state index contributed by atoms with van der Waals surface area (Å²) in [7, 11) is 0. The monoisotopic (exact) mass is 270 g/mol. The highest BCUT2D eigenvalue weighted by atomic mass is 16.5. The van der Waals surface area contributed by atoms with E-state index >= 15 is 0 Å². The molecule has 2 rings (SSSR count). The summed E-state index contributed by atoms with van der Waals surface area (Å²) in [5, 5.41) is 2.78. The highest BCUT2D eigenvalue weighted by molar-refractivity contribution is 5.94. The minimum atomic E-state index is -0.574. The second kappa shape index (κ2) is 6.10.